The predicted octanol–water partition coefficient (Wildman–Crippen LogP) is 3.47. The number of carbonyl (C=O) groups excluding carboxylic acids is 1. The van der Waals surface area contributed by atoms with Gasteiger partial charge in [0.1, 0.15) is 5.82 Å². The number of anilines is 1. The molecule has 0 unspecified atom stereocenters. The molecule has 0 aliphatic carbocycles. The molecule has 1 atom stereocenters. The highest BCUT2D eigenvalue weighted by molar-refractivity contribution is 5.90. The fourth-order valence-corrected chi connectivity index (χ4v) is 3.63. The fraction of sp³-hybridized carbons (Fsp3) is 0.611. The van der Waals surface area contributed by atoms with Crippen LogP contribution < -0.4 is 5.32 Å². The minimum Gasteiger partial charge on any atom is -0.324 e. The number of likely N-dealkylation sites (tertiary alicyclic amines) is 2. The number of hydrogen-bond acceptors (Lipinski definition) is 2. The van der Waals surface area contributed by atoms with Crippen LogP contribution in [0.1, 0.15) is 31.2 Å². The molecule has 126 valence electrons. The molecule has 5 heteroatoms. The van der Waals surface area contributed by atoms with E-state index >= 15 is 0 Å². The van der Waals surface area contributed by atoms with Gasteiger partial charge in [-0.25, -0.2) is 9.18 Å². The summed E-state index contributed by atoms with van der Waals surface area (Å²) in [6, 6.07) is 4.38. The molecule has 2 heterocycles. The molecular formula is C18H26FN3O. The molecule has 4 nitrogen and oxygen atoms in total. The normalized spacial score (nSPS) is 22.3. The molecule has 2 fully saturated rings. The molecule has 1 N–H and O–H groups in total. The summed E-state index contributed by atoms with van der Waals surface area (Å²) in [5.41, 5.74) is 1.44. The third-order valence-corrected chi connectivity index (χ3v) is 4.97. The van der Waals surface area contributed by atoms with Crippen molar-refractivity contribution in [2.75, 3.05) is 38.0 Å². The van der Waals surface area contributed by atoms with Gasteiger partial charge in [0, 0.05) is 25.3 Å². The first kappa shape index (κ1) is 16.2. The second-order valence-corrected chi connectivity index (χ2v) is 6.85. The molecule has 2 saturated heterocycles. The van der Waals surface area contributed by atoms with Crippen molar-refractivity contribution in [2.24, 2.45) is 5.92 Å². The van der Waals surface area contributed by atoms with Gasteiger partial charge >= 0.3 is 6.03 Å². The van der Waals surface area contributed by atoms with Crippen molar-refractivity contribution in [1.29, 1.82) is 0 Å². The Labute approximate surface area is 137 Å². The predicted molar refractivity (Wildman–Crippen MR) is 90.1 cm³/mol. The lowest BCUT2D eigenvalue weighted by molar-refractivity contribution is 0.192. The molecule has 0 aromatic heterocycles. The number of urea groups is 1. The van der Waals surface area contributed by atoms with E-state index in [2.05, 4.69) is 10.2 Å². The van der Waals surface area contributed by atoms with Gasteiger partial charge in [0.05, 0.1) is 0 Å². The number of rotatable bonds is 3. The van der Waals surface area contributed by atoms with Crippen LogP contribution in [0.3, 0.4) is 0 Å². The van der Waals surface area contributed by atoms with Crippen molar-refractivity contribution >= 4 is 11.7 Å². The van der Waals surface area contributed by atoms with Crippen molar-refractivity contribution < 1.29 is 9.18 Å². The van der Waals surface area contributed by atoms with Crippen LogP contribution in [0.4, 0.5) is 14.9 Å². The number of benzene rings is 1. The number of carbonyl (C=O) groups is 1. The average molecular weight is 319 g/mol. The monoisotopic (exact) mass is 319 g/mol. The average Bonchev–Trinajstić information content (AvgIpc) is 3.00. The summed E-state index contributed by atoms with van der Waals surface area (Å²) in [6.07, 6.45) is 5.04. The number of nitrogens with one attached hydrogen (secondary N) is 1. The summed E-state index contributed by atoms with van der Waals surface area (Å²) in [5, 5.41) is 2.91. The van der Waals surface area contributed by atoms with Gasteiger partial charge in [0.15, 0.2) is 0 Å². The highest BCUT2D eigenvalue weighted by Gasteiger charge is 2.28. The van der Waals surface area contributed by atoms with E-state index in [-0.39, 0.29) is 11.8 Å². The Bertz CT molecular complexity index is 557. The number of halogens is 1. The number of nitrogens with zero attached hydrogens (tertiary/aromatic N) is 2. The summed E-state index contributed by atoms with van der Waals surface area (Å²) >= 11 is 0. The molecule has 2 amide bonds. The smallest absolute Gasteiger partial charge is 0.321 e. The quantitative estimate of drug-likeness (QED) is 0.926. The molecule has 2 aliphatic rings. The topological polar surface area (TPSA) is 35.6 Å². The summed E-state index contributed by atoms with van der Waals surface area (Å²) in [4.78, 5) is 16.8. The standard InChI is InChI=1S/C18H26FN3O/c1-14-11-16(19)5-6-17(14)20-18(23)22-10-7-15(13-22)12-21-8-3-2-4-9-21/h5-6,11,15H,2-4,7-10,12-13H2,1H3,(H,20,23)/t15-/m0/s1. The lowest BCUT2D eigenvalue weighted by Crippen LogP contribution is -2.37. The maximum absolute atomic E-state index is 13.1. The van der Waals surface area contributed by atoms with Crippen LogP contribution in [-0.2, 0) is 0 Å². The Kier molecular flexibility index (Phi) is 5.16. The number of aryl methyl sites for hydroxylation is 1. The fourth-order valence-electron chi connectivity index (χ4n) is 3.63. The van der Waals surface area contributed by atoms with Crippen LogP contribution in [0.5, 0.6) is 0 Å². The van der Waals surface area contributed by atoms with Crippen LogP contribution in [0.25, 0.3) is 0 Å². The van der Waals surface area contributed by atoms with Crippen molar-refractivity contribution in [1.82, 2.24) is 9.80 Å². The molecule has 0 bridgehead atoms. The zero-order chi connectivity index (χ0) is 16.2. The minimum atomic E-state index is -0.275. The van der Waals surface area contributed by atoms with E-state index in [0.717, 1.165) is 31.6 Å². The number of hydrogen-bond donors (Lipinski definition) is 1. The lowest BCUT2D eigenvalue weighted by atomic mass is 10.1. The summed E-state index contributed by atoms with van der Waals surface area (Å²) in [5.74, 6) is 0.302. The largest absolute Gasteiger partial charge is 0.324 e. The van der Waals surface area contributed by atoms with Crippen LogP contribution in [-0.4, -0.2) is 48.6 Å². The highest BCUT2D eigenvalue weighted by Crippen LogP contribution is 2.22. The second-order valence-electron chi connectivity index (χ2n) is 6.85. The van der Waals surface area contributed by atoms with Crippen molar-refractivity contribution in [3.8, 4) is 0 Å². The first-order valence-corrected chi connectivity index (χ1v) is 8.66. The Balaban J connectivity index is 1.50. The lowest BCUT2D eigenvalue weighted by Gasteiger charge is -2.29. The van der Waals surface area contributed by atoms with Crippen molar-refractivity contribution in [2.45, 2.75) is 32.6 Å². The molecule has 1 aromatic carbocycles. The SMILES string of the molecule is Cc1cc(F)ccc1NC(=O)N1CC[C@@H](CN2CCCCC2)C1. The van der Waals surface area contributed by atoms with E-state index in [9.17, 15) is 9.18 Å². The van der Waals surface area contributed by atoms with Crippen LogP contribution >= 0.6 is 0 Å². The van der Waals surface area contributed by atoms with Gasteiger partial charge in [-0.2, -0.15) is 0 Å². The van der Waals surface area contributed by atoms with Crippen LogP contribution in [0, 0.1) is 18.7 Å². The molecule has 0 spiro atoms. The Hall–Kier alpha value is -1.62. The molecule has 1 aromatic rings. The van der Waals surface area contributed by atoms with Gasteiger partial charge in [0.2, 0.25) is 0 Å². The molecule has 2 aliphatic heterocycles. The number of amides is 2. The molecule has 3 rings (SSSR count). The maximum atomic E-state index is 13.1. The van der Waals surface area contributed by atoms with E-state index < -0.39 is 0 Å². The zero-order valence-corrected chi connectivity index (χ0v) is 13.9. The summed E-state index contributed by atoms with van der Waals surface area (Å²) in [6.45, 7) is 6.96. The maximum Gasteiger partial charge on any atom is 0.321 e. The highest BCUT2D eigenvalue weighted by atomic mass is 19.1. The Morgan fingerprint density at radius 2 is 2.04 bits per heavy atom. The summed E-state index contributed by atoms with van der Waals surface area (Å²) in [7, 11) is 0. The van der Waals surface area contributed by atoms with E-state index in [0.29, 0.717) is 11.6 Å². The van der Waals surface area contributed by atoms with Gasteiger partial charge in [0.25, 0.3) is 0 Å². The van der Waals surface area contributed by atoms with E-state index in [1.165, 1.54) is 44.5 Å². The second kappa shape index (κ2) is 7.30. The Morgan fingerprint density at radius 3 is 2.78 bits per heavy atom. The minimum absolute atomic E-state index is 0.0687. The van der Waals surface area contributed by atoms with Gasteiger partial charge < -0.3 is 15.1 Å². The van der Waals surface area contributed by atoms with Gasteiger partial charge in [-0.3, -0.25) is 0 Å². The molecule has 0 radical (unpaired) electrons. The van der Waals surface area contributed by atoms with Gasteiger partial charge in [-0.15, -0.1) is 0 Å². The van der Waals surface area contributed by atoms with E-state index in [1.807, 2.05) is 11.8 Å². The number of piperidine rings is 1. The van der Waals surface area contributed by atoms with Crippen molar-refractivity contribution in [3.05, 3.63) is 29.6 Å². The van der Waals surface area contributed by atoms with E-state index in [4.69, 9.17) is 0 Å². The third kappa shape index (κ3) is 4.22. The third-order valence-electron chi connectivity index (χ3n) is 4.97. The van der Waals surface area contributed by atoms with Gasteiger partial charge in [-0.1, -0.05) is 6.42 Å². The van der Waals surface area contributed by atoms with Crippen molar-refractivity contribution in [3.63, 3.8) is 0 Å². The molecular weight excluding hydrogens is 293 g/mol. The first-order chi connectivity index (χ1) is 11.1. The zero-order valence-electron chi connectivity index (χ0n) is 13.9. The van der Waals surface area contributed by atoms with Crippen LogP contribution in [0.2, 0.25) is 0 Å². The first-order valence-electron chi connectivity index (χ1n) is 8.66. The Morgan fingerprint density at radius 1 is 1.26 bits per heavy atom. The van der Waals surface area contributed by atoms with E-state index in [1.54, 1.807) is 6.07 Å². The summed E-state index contributed by atoms with van der Waals surface area (Å²) < 4.78 is 13.1. The van der Waals surface area contributed by atoms with Crippen LogP contribution in [0.15, 0.2) is 18.2 Å². The molecule has 0 saturated carbocycles. The molecule has 23 heavy (non-hydrogen) atoms. The van der Waals surface area contributed by atoms with Gasteiger partial charge in [-0.05, 0) is 69.0 Å².